The van der Waals surface area contributed by atoms with E-state index in [-0.39, 0.29) is 0 Å². The molecule has 3 rings (SSSR count). The number of aromatic amines is 1. The van der Waals surface area contributed by atoms with Crippen molar-refractivity contribution in [1.82, 2.24) is 25.1 Å². The minimum atomic E-state index is -0.422. The molecule has 0 aliphatic carbocycles. The van der Waals surface area contributed by atoms with E-state index in [9.17, 15) is 4.79 Å². The van der Waals surface area contributed by atoms with Gasteiger partial charge in [0.05, 0.1) is 12.7 Å². The van der Waals surface area contributed by atoms with E-state index in [4.69, 9.17) is 0 Å². The van der Waals surface area contributed by atoms with Crippen LogP contribution in [-0.4, -0.2) is 38.2 Å². The van der Waals surface area contributed by atoms with Gasteiger partial charge in [-0.15, -0.1) is 5.10 Å². The third-order valence-electron chi connectivity index (χ3n) is 3.06. The largest absolute Gasteiger partial charge is 0.465 e. The molecular weight excluding hydrogens is 296 g/mol. The first-order valence-corrected chi connectivity index (χ1v) is 6.86. The summed E-state index contributed by atoms with van der Waals surface area (Å²) < 4.78 is 4.67. The standard InChI is InChI=1S/C15H14N6O2/c1-23-14(22)11-6-10(7-16-9-11)8-18-15-19-13(20-21-15)12-4-2-3-5-17-12/h2-7,9H,8H2,1H3,(H2,18,19,20,21). The maximum Gasteiger partial charge on any atom is 0.339 e. The number of methoxy groups -OCH3 is 1. The molecule has 0 aromatic carbocycles. The summed E-state index contributed by atoms with van der Waals surface area (Å²) in [5.41, 5.74) is 1.93. The smallest absolute Gasteiger partial charge is 0.339 e. The van der Waals surface area contributed by atoms with Crippen LogP contribution in [-0.2, 0) is 11.3 Å². The summed E-state index contributed by atoms with van der Waals surface area (Å²) in [6.07, 6.45) is 4.81. The second-order valence-electron chi connectivity index (χ2n) is 4.65. The van der Waals surface area contributed by atoms with E-state index in [0.29, 0.717) is 29.6 Å². The highest BCUT2D eigenvalue weighted by Crippen LogP contribution is 2.13. The zero-order valence-corrected chi connectivity index (χ0v) is 12.4. The molecule has 0 saturated heterocycles. The normalized spacial score (nSPS) is 10.3. The van der Waals surface area contributed by atoms with Crippen molar-refractivity contribution in [3.63, 3.8) is 0 Å². The fourth-order valence-corrected chi connectivity index (χ4v) is 1.95. The number of rotatable bonds is 5. The van der Waals surface area contributed by atoms with E-state index >= 15 is 0 Å². The number of carbonyl (C=O) groups excluding carboxylic acids is 1. The zero-order chi connectivity index (χ0) is 16.1. The summed E-state index contributed by atoms with van der Waals surface area (Å²) in [6.45, 7) is 0.428. The molecule has 0 unspecified atom stereocenters. The van der Waals surface area contributed by atoms with Crippen molar-refractivity contribution in [1.29, 1.82) is 0 Å². The number of carbonyl (C=O) groups is 1. The summed E-state index contributed by atoms with van der Waals surface area (Å²) in [5.74, 6) is 0.596. The monoisotopic (exact) mass is 310 g/mol. The Kier molecular flexibility index (Phi) is 4.23. The predicted octanol–water partition coefficient (Wildman–Crippen LogP) is 1.66. The number of hydrogen-bond donors (Lipinski definition) is 2. The van der Waals surface area contributed by atoms with Gasteiger partial charge in [0, 0.05) is 25.1 Å². The number of nitrogens with zero attached hydrogens (tertiary/aromatic N) is 4. The fourth-order valence-electron chi connectivity index (χ4n) is 1.95. The quantitative estimate of drug-likeness (QED) is 0.690. The van der Waals surface area contributed by atoms with E-state index in [0.717, 1.165) is 5.56 Å². The molecule has 0 radical (unpaired) electrons. The topological polar surface area (TPSA) is 106 Å². The molecule has 3 heterocycles. The molecule has 0 aliphatic rings. The molecule has 3 aromatic rings. The lowest BCUT2D eigenvalue weighted by Crippen LogP contribution is -2.06. The molecule has 0 amide bonds. The predicted molar refractivity (Wildman–Crippen MR) is 82.5 cm³/mol. The van der Waals surface area contributed by atoms with Crippen molar-refractivity contribution in [3.8, 4) is 11.5 Å². The third-order valence-corrected chi connectivity index (χ3v) is 3.06. The first-order valence-electron chi connectivity index (χ1n) is 6.86. The lowest BCUT2D eigenvalue weighted by molar-refractivity contribution is 0.0600. The van der Waals surface area contributed by atoms with Crippen LogP contribution in [0.1, 0.15) is 15.9 Å². The lowest BCUT2D eigenvalue weighted by atomic mass is 10.2. The minimum absolute atomic E-state index is 0.399. The van der Waals surface area contributed by atoms with Gasteiger partial charge in [-0.3, -0.25) is 15.1 Å². The number of ether oxygens (including phenoxy) is 1. The lowest BCUT2D eigenvalue weighted by Gasteiger charge is -2.04. The average molecular weight is 310 g/mol. The van der Waals surface area contributed by atoms with Crippen LogP contribution < -0.4 is 5.32 Å². The summed E-state index contributed by atoms with van der Waals surface area (Å²) in [4.78, 5) is 24.0. The number of H-pyrrole nitrogens is 1. The van der Waals surface area contributed by atoms with Crippen molar-refractivity contribution in [2.75, 3.05) is 12.4 Å². The van der Waals surface area contributed by atoms with Gasteiger partial charge in [0.15, 0.2) is 5.82 Å². The summed E-state index contributed by atoms with van der Waals surface area (Å²) in [6, 6.07) is 7.26. The van der Waals surface area contributed by atoms with Gasteiger partial charge in [0.1, 0.15) is 5.69 Å². The van der Waals surface area contributed by atoms with E-state index in [1.54, 1.807) is 18.5 Å². The van der Waals surface area contributed by atoms with Crippen LogP contribution in [0.15, 0.2) is 42.9 Å². The van der Waals surface area contributed by atoms with Crippen molar-refractivity contribution in [2.45, 2.75) is 6.54 Å². The summed E-state index contributed by atoms with van der Waals surface area (Å²) >= 11 is 0. The molecule has 0 atom stereocenters. The van der Waals surface area contributed by atoms with Crippen LogP contribution in [0, 0.1) is 0 Å². The zero-order valence-electron chi connectivity index (χ0n) is 12.4. The molecule has 0 aliphatic heterocycles. The van der Waals surface area contributed by atoms with E-state index in [1.165, 1.54) is 13.3 Å². The van der Waals surface area contributed by atoms with Crippen molar-refractivity contribution in [2.24, 2.45) is 0 Å². The van der Waals surface area contributed by atoms with Gasteiger partial charge in [-0.2, -0.15) is 4.98 Å². The Morgan fingerprint density at radius 2 is 2.26 bits per heavy atom. The van der Waals surface area contributed by atoms with Gasteiger partial charge in [0.25, 0.3) is 0 Å². The summed E-state index contributed by atoms with van der Waals surface area (Å²) in [5, 5.41) is 9.97. The Bertz CT molecular complexity index is 802. The van der Waals surface area contributed by atoms with Gasteiger partial charge >= 0.3 is 5.97 Å². The van der Waals surface area contributed by atoms with Crippen molar-refractivity contribution in [3.05, 3.63) is 54.0 Å². The van der Waals surface area contributed by atoms with Crippen LogP contribution in [0.4, 0.5) is 5.95 Å². The first-order chi connectivity index (χ1) is 11.3. The number of hydrogen-bond acceptors (Lipinski definition) is 7. The molecule has 8 nitrogen and oxygen atoms in total. The number of pyridine rings is 2. The number of nitrogens with one attached hydrogen (secondary N) is 2. The third kappa shape index (κ3) is 3.49. The van der Waals surface area contributed by atoms with Gasteiger partial charge in [-0.1, -0.05) is 6.07 Å². The van der Waals surface area contributed by atoms with E-state index < -0.39 is 5.97 Å². The minimum Gasteiger partial charge on any atom is -0.465 e. The second-order valence-corrected chi connectivity index (χ2v) is 4.65. The Morgan fingerprint density at radius 3 is 3.04 bits per heavy atom. The molecule has 0 fully saturated rings. The van der Waals surface area contributed by atoms with Gasteiger partial charge in [-0.05, 0) is 23.8 Å². The van der Waals surface area contributed by atoms with Crippen LogP contribution in [0.3, 0.4) is 0 Å². The summed E-state index contributed by atoms with van der Waals surface area (Å²) in [7, 11) is 1.33. The molecule has 2 N–H and O–H groups in total. The molecular formula is C15H14N6O2. The number of esters is 1. The molecule has 0 bridgehead atoms. The Balaban J connectivity index is 1.67. The second kappa shape index (κ2) is 6.65. The molecule has 8 heteroatoms. The van der Waals surface area contributed by atoms with Crippen molar-refractivity contribution < 1.29 is 9.53 Å². The Morgan fingerprint density at radius 1 is 1.35 bits per heavy atom. The SMILES string of the molecule is COC(=O)c1cncc(CNc2n[nH]c(-c3ccccn3)n2)c1. The van der Waals surface area contributed by atoms with Gasteiger partial charge in [0.2, 0.25) is 5.95 Å². The molecule has 0 saturated carbocycles. The maximum absolute atomic E-state index is 11.5. The molecule has 23 heavy (non-hydrogen) atoms. The van der Waals surface area contributed by atoms with Crippen LogP contribution >= 0.6 is 0 Å². The first kappa shape index (κ1) is 14.6. The number of anilines is 1. The van der Waals surface area contributed by atoms with Gasteiger partial charge < -0.3 is 10.1 Å². The molecule has 116 valence electrons. The number of aromatic nitrogens is 5. The van der Waals surface area contributed by atoms with Crippen LogP contribution in [0.5, 0.6) is 0 Å². The molecule has 0 spiro atoms. The van der Waals surface area contributed by atoms with Crippen LogP contribution in [0.25, 0.3) is 11.5 Å². The fraction of sp³-hybridized carbons (Fsp3) is 0.133. The highest BCUT2D eigenvalue weighted by molar-refractivity contribution is 5.89. The van der Waals surface area contributed by atoms with E-state index in [2.05, 4.69) is 35.2 Å². The van der Waals surface area contributed by atoms with E-state index in [1.807, 2.05) is 18.2 Å². The molecule has 3 aromatic heterocycles. The Hall–Kier alpha value is -3.29. The Labute approximate surface area is 132 Å². The van der Waals surface area contributed by atoms with Crippen LogP contribution in [0.2, 0.25) is 0 Å². The maximum atomic E-state index is 11.5. The van der Waals surface area contributed by atoms with Crippen molar-refractivity contribution >= 4 is 11.9 Å². The average Bonchev–Trinajstić information content (AvgIpc) is 3.09. The highest BCUT2D eigenvalue weighted by Gasteiger charge is 2.08. The van der Waals surface area contributed by atoms with Gasteiger partial charge in [-0.25, -0.2) is 4.79 Å². The highest BCUT2D eigenvalue weighted by atomic mass is 16.5.